The molecule has 1 aromatic carbocycles. The van der Waals surface area contributed by atoms with E-state index >= 15 is 0 Å². The van der Waals surface area contributed by atoms with Gasteiger partial charge in [0.15, 0.2) is 0 Å². The SMILES string of the molecule is Cc1ccnc(NS(=O)(=O)c2ccc(-n3cccc3)cc2)n1. The maximum absolute atomic E-state index is 12.3. The molecule has 0 fully saturated rings. The number of hydrogen-bond acceptors (Lipinski definition) is 4. The number of nitrogens with one attached hydrogen (secondary N) is 1. The number of rotatable bonds is 4. The summed E-state index contributed by atoms with van der Waals surface area (Å²) in [6, 6.07) is 12.1. The zero-order valence-electron chi connectivity index (χ0n) is 11.8. The molecule has 0 bridgehead atoms. The second-order valence-electron chi connectivity index (χ2n) is 4.71. The number of aryl methyl sites for hydroxylation is 1. The topological polar surface area (TPSA) is 76.9 Å². The van der Waals surface area contributed by atoms with Crippen LogP contribution in [0.3, 0.4) is 0 Å². The lowest BCUT2D eigenvalue weighted by atomic mass is 10.3. The van der Waals surface area contributed by atoms with E-state index in [-0.39, 0.29) is 10.8 Å². The highest BCUT2D eigenvalue weighted by Crippen LogP contribution is 2.16. The van der Waals surface area contributed by atoms with Gasteiger partial charge in [-0.1, -0.05) is 0 Å². The Labute approximate surface area is 128 Å². The number of benzene rings is 1. The fourth-order valence-corrected chi connectivity index (χ4v) is 2.93. The molecule has 0 atom stereocenters. The smallest absolute Gasteiger partial charge is 0.264 e. The predicted octanol–water partition coefficient (Wildman–Crippen LogP) is 2.38. The van der Waals surface area contributed by atoms with E-state index in [0.717, 1.165) is 5.69 Å². The van der Waals surface area contributed by atoms with Crippen molar-refractivity contribution in [3.8, 4) is 5.69 Å². The molecule has 3 aromatic rings. The molecule has 1 N–H and O–H groups in total. The minimum absolute atomic E-state index is 0.0643. The lowest BCUT2D eigenvalue weighted by Crippen LogP contribution is -2.15. The Morgan fingerprint density at radius 2 is 1.73 bits per heavy atom. The highest BCUT2D eigenvalue weighted by molar-refractivity contribution is 7.92. The summed E-state index contributed by atoms with van der Waals surface area (Å²) in [6.45, 7) is 1.77. The van der Waals surface area contributed by atoms with Crippen LogP contribution in [0.15, 0.2) is 66.0 Å². The first-order valence-corrected chi connectivity index (χ1v) is 8.09. The van der Waals surface area contributed by atoms with Gasteiger partial charge in [-0.15, -0.1) is 0 Å². The Morgan fingerprint density at radius 1 is 1.05 bits per heavy atom. The lowest BCUT2D eigenvalue weighted by molar-refractivity contribution is 0.601. The molecule has 2 heterocycles. The van der Waals surface area contributed by atoms with E-state index in [9.17, 15) is 8.42 Å². The minimum Gasteiger partial charge on any atom is -0.324 e. The van der Waals surface area contributed by atoms with Gasteiger partial charge in [-0.3, -0.25) is 0 Å². The van der Waals surface area contributed by atoms with E-state index in [2.05, 4.69) is 14.7 Å². The first-order valence-electron chi connectivity index (χ1n) is 6.60. The standard InChI is InChI=1S/C15H14N4O2S/c1-12-8-9-16-15(17-12)18-22(20,21)14-6-4-13(5-7-14)19-10-2-3-11-19/h2-11H,1H3,(H,16,17,18). The molecule has 3 rings (SSSR count). The van der Waals surface area contributed by atoms with Crippen LogP contribution < -0.4 is 4.72 Å². The second kappa shape index (κ2) is 5.61. The van der Waals surface area contributed by atoms with E-state index in [1.54, 1.807) is 37.3 Å². The van der Waals surface area contributed by atoms with E-state index in [0.29, 0.717) is 5.69 Å². The molecule has 0 radical (unpaired) electrons. The van der Waals surface area contributed by atoms with E-state index in [1.807, 2.05) is 29.1 Å². The summed E-state index contributed by atoms with van der Waals surface area (Å²) < 4.78 is 28.9. The van der Waals surface area contributed by atoms with Gasteiger partial charge in [0.25, 0.3) is 10.0 Å². The van der Waals surface area contributed by atoms with Crippen molar-refractivity contribution in [2.24, 2.45) is 0 Å². The highest BCUT2D eigenvalue weighted by atomic mass is 32.2. The first-order chi connectivity index (χ1) is 10.5. The average Bonchev–Trinajstić information content (AvgIpc) is 3.01. The van der Waals surface area contributed by atoms with Crippen molar-refractivity contribution in [3.05, 3.63) is 66.7 Å². The quantitative estimate of drug-likeness (QED) is 0.802. The second-order valence-corrected chi connectivity index (χ2v) is 6.39. The fraction of sp³-hybridized carbons (Fsp3) is 0.0667. The highest BCUT2D eigenvalue weighted by Gasteiger charge is 2.15. The molecule has 0 spiro atoms. The molecule has 0 amide bonds. The summed E-state index contributed by atoms with van der Waals surface area (Å²) in [5.74, 6) is 0.0643. The van der Waals surface area contributed by atoms with Crippen LogP contribution in [0.25, 0.3) is 5.69 Å². The largest absolute Gasteiger partial charge is 0.324 e. The average molecular weight is 314 g/mol. The molecule has 22 heavy (non-hydrogen) atoms. The van der Waals surface area contributed by atoms with Gasteiger partial charge in [-0.25, -0.2) is 23.1 Å². The Balaban J connectivity index is 1.86. The molecule has 0 aliphatic heterocycles. The maximum atomic E-state index is 12.3. The van der Waals surface area contributed by atoms with Gasteiger partial charge in [-0.05, 0) is 49.4 Å². The van der Waals surface area contributed by atoms with Crippen molar-refractivity contribution >= 4 is 16.0 Å². The predicted molar refractivity (Wildman–Crippen MR) is 83.3 cm³/mol. The van der Waals surface area contributed by atoms with Gasteiger partial charge < -0.3 is 4.57 Å². The van der Waals surface area contributed by atoms with E-state index < -0.39 is 10.0 Å². The van der Waals surface area contributed by atoms with Crippen LogP contribution >= 0.6 is 0 Å². The molecule has 112 valence electrons. The molecule has 0 saturated carbocycles. The number of nitrogens with zero attached hydrogens (tertiary/aromatic N) is 3. The summed E-state index contributed by atoms with van der Waals surface area (Å²) in [4.78, 5) is 8.10. The number of sulfonamides is 1. The van der Waals surface area contributed by atoms with Crippen molar-refractivity contribution in [1.82, 2.24) is 14.5 Å². The monoisotopic (exact) mass is 314 g/mol. The van der Waals surface area contributed by atoms with E-state index in [1.165, 1.54) is 6.20 Å². The Bertz CT molecular complexity index is 872. The lowest BCUT2D eigenvalue weighted by Gasteiger charge is -2.08. The third kappa shape index (κ3) is 2.99. The molecular formula is C15H14N4O2S. The van der Waals surface area contributed by atoms with Crippen molar-refractivity contribution in [2.75, 3.05) is 4.72 Å². The van der Waals surface area contributed by atoms with Crippen LogP contribution in [0.4, 0.5) is 5.95 Å². The van der Waals surface area contributed by atoms with E-state index in [4.69, 9.17) is 0 Å². The molecule has 0 aliphatic carbocycles. The molecule has 2 aromatic heterocycles. The maximum Gasteiger partial charge on any atom is 0.264 e. The number of anilines is 1. The van der Waals surface area contributed by atoms with Crippen molar-refractivity contribution < 1.29 is 8.42 Å². The Morgan fingerprint density at radius 3 is 2.36 bits per heavy atom. The number of aromatic nitrogens is 3. The molecule has 7 heteroatoms. The Kier molecular flexibility index (Phi) is 3.64. The summed E-state index contributed by atoms with van der Waals surface area (Å²) in [7, 11) is -3.70. The third-order valence-corrected chi connectivity index (χ3v) is 4.41. The van der Waals surface area contributed by atoms with Gasteiger partial charge in [0, 0.05) is 30.0 Å². The molecule has 0 aliphatic rings. The van der Waals surface area contributed by atoms with Crippen LogP contribution in [0.2, 0.25) is 0 Å². The fourth-order valence-electron chi connectivity index (χ4n) is 1.98. The van der Waals surface area contributed by atoms with Crippen molar-refractivity contribution in [1.29, 1.82) is 0 Å². The van der Waals surface area contributed by atoms with Gasteiger partial charge in [0.2, 0.25) is 5.95 Å². The van der Waals surface area contributed by atoms with Crippen LogP contribution in [-0.2, 0) is 10.0 Å². The first kappa shape index (κ1) is 14.3. The van der Waals surface area contributed by atoms with Gasteiger partial charge in [-0.2, -0.15) is 0 Å². The van der Waals surface area contributed by atoms with Crippen LogP contribution in [0, 0.1) is 6.92 Å². The van der Waals surface area contributed by atoms with Gasteiger partial charge in [0.1, 0.15) is 0 Å². The molecule has 0 unspecified atom stereocenters. The zero-order valence-corrected chi connectivity index (χ0v) is 12.7. The van der Waals surface area contributed by atoms with Gasteiger partial charge in [0.05, 0.1) is 4.90 Å². The van der Waals surface area contributed by atoms with Crippen molar-refractivity contribution in [3.63, 3.8) is 0 Å². The third-order valence-electron chi connectivity index (χ3n) is 3.07. The van der Waals surface area contributed by atoms with Crippen molar-refractivity contribution in [2.45, 2.75) is 11.8 Å². The summed E-state index contributed by atoms with van der Waals surface area (Å²) in [6.07, 6.45) is 5.29. The van der Waals surface area contributed by atoms with Gasteiger partial charge >= 0.3 is 0 Å². The van der Waals surface area contributed by atoms with Crippen LogP contribution in [0.5, 0.6) is 0 Å². The van der Waals surface area contributed by atoms with Crippen LogP contribution in [-0.4, -0.2) is 23.0 Å². The van der Waals surface area contributed by atoms with Crippen LogP contribution in [0.1, 0.15) is 5.69 Å². The summed E-state index contributed by atoms with van der Waals surface area (Å²) in [5, 5.41) is 0. The molecule has 6 nitrogen and oxygen atoms in total. The number of hydrogen-bond donors (Lipinski definition) is 1. The minimum atomic E-state index is -3.70. The summed E-state index contributed by atoms with van der Waals surface area (Å²) >= 11 is 0. The Hall–Kier alpha value is -2.67. The molecule has 0 saturated heterocycles. The summed E-state index contributed by atoms with van der Waals surface area (Å²) in [5.41, 5.74) is 1.58. The molecular weight excluding hydrogens is 300 g/mol. The normalized spacial score (nSPS) is 11.3. The zero-order chi connectivity index (χ0) is 15.6.